The number of sulfonamides is 1. The summed E-state index contributed by atoms with van der Waals surface area (Å²) in [4.78, 5) is 0.0442. The SMILES string of the molecule is CCN(Cc1cccc(F)c1)S(=O)(=O)c1ccc(S(C)(=O)=O)cc1. The van der Waals surface area contributed by atoms with Crippen LogP contribution in [0.3, 0.4) is 0 Å². The highest BCUT2D eigenvalue weighted by molar-refractivity contribution is 7.90. The molecule has 2 aromatic carbocycles. The molecule has 0 amide bonds. The van der Waals surface area contributed by atoms with Gasteiger partial charge < -0.3 is 0 Å². The van der Waals surface area contributed by atoms with Gasteiger partial charge in [-0.05, 0) is 42.0 Å². The van der Waals surface area contributed by atoms with Gasteiger partial charge in [-0.2, -0.15) is 4.31 Å². The van der Waals surface area contributed by atoms with E-state index in [0.717, 1.165) is 6.26 Å². The third-order valence-corrected chi connectivity index (χ3v) is 6.55. The van der Waals surface area contributed by atoms with Crippen LogP contribution in [-0.2, 0) is 26.4 Å². The average Bonchev–Trinajstić information content (AvgIpc) is 2.52. The minimum atomic E-state index is -3.81. The van der Waals surface area contributed by atoms with Crippen LogP contribution >= 0.6 is 0 Å². The molecule has 0 radical (unpaired) electrons. The Labute approximate surface area is 141 Å². The van der Waals surface area contributed by atoms with Crippen LogP contribution in [0.15, 0.2) is 58.3 Å². The maximum atomic E-state index is 13.3. The molecule has 5 nitrogen and oxygen atoms in total. The molecule has 0 saturated carbocycles. The smallest absolute Gasteiger partial charge is 0.224 e. The number of rotatable bonds is 6. The second-order valence-electron chi connectivity index (χ2n) is 5.30. The van der Waals surface area contributed by atoms with Crippen LogP contribution in [0.4, 0.5) is 4.39 Å². The molecule has 24 heavy (non-hydrogen) atoms. The van der Waals surface area contributed by atoms with Crippen molar-refractivity contribution in [2.75, 3.05) is 12.8 Å². The number of hydrogen-bond acceptors (Lipinski definition) is 4. The first-order valence-electron chi connectivity index (χ1n) is 7.19. The van der Waals surface area contributed by atoms with E-state index >= 15 is 0 Å². The van der Waals surface area contributed by atoms with Crippen LogP contribution in [0, 0.1) is 5.82 Å². The first-order chi connectivity index (χ1) is 11.1. The van der Waals surface area contributed by atoms with Gasteiger partial charge in [0, 0.05) is 19.3 Å². The Morgan fingerprint density at radius 2 is 1.54 bits per heavy atom. The molecule has 0 aliphatic carbocycles. The van der Waals surface area contributed by atoms with Crippen LogP contribution in [0.25, 0.3) is 0 Å². The van der Waals surface area contributed by atoms with E-state index in [1.165, 1.54) is 46.8 Å². The Balaban J connectivity index is 2.33. The Morgan fingerprint density at radius 3 is 2.04 bits per heavy atom. The Hall–Kier alpha value is -1.77. The van der Waals surface area contributed by atoms with Crippen molar-refractivity contribution in [3.63, 3.8) is 0 Å². The summed E-state index contributed by atoms with van der Waals surface area (Å²) in [7, 11) is -7.20. The molecule has 0 saturated heterocycles. The van der Waals surface area contributed by atoms with Gasteiger partial charge in [0.1, 0.15) is 5.82 Å². The van der Waals surface area contributed by atoms with Crippen molar-refractivity contribution in [3.8, 4) is 0 Å². The fourth-order valence-corrected chi connectivity index (χ4v) is 4.28. The lowest BCUT2D eigenvalue weighted by atomic mass is 10.2. The summed E-state index contributed by atoms with van der Waals surface area (Å²) in [5.74, 6) is -0.432. The number of halogens is 1. The highest BCUT2D eigenvalue weighted by Crippen LogP contribution is 2.20. The predicted molar refractivity (Wildman–Crippen MR) is 89.2 cm³/mol. The maximum absolute atomic E-state index is 13.3. The Bertz CT molecular complexity index is 923. The van der Waals surface area contributed by atoms with Gasteiger partial charge in [0.15, 0.2) is 9.84 Å². The molecule has 0 N–H and O–H groups in total. The van der Waals surface area contributed by atoms with Crippen molar-refractivity contribution < 1.29 is 21.2 Å². The fourth-order valence-electron chi connectivity index (χ4n) is 2.21. The summed E-state index contributed by atoms with van der Waals surface area (Å²) in [5.41, 5.74) is 0.535. The van der Waals surface area contributed by atoms with Gasteiger partial charge in [-0.1, -0.05) is 19.1 Å². The molecule has 130 valence electrons. The number of sulfone groups is 1. The summed E-state index contributed by atoms with van der Waals surface area (Å²) < 4.78 is 62.8. The second kappa shape index (κ2) is 7.00. The minimum absolute atomic E-state index is 0.00634. The number of benzene rings is 2. The van der Waals surface area contributed by atoms with E-state index < -0.39 is 25.7 Å². The quantitative estimate of drug-likeness (QED) is 0.782. The molecule has 0 spiro atoms. The van der Waals surface area contributed by atoms with E-state index in [1.807, 2.05) is 0 Å². The van der Waals surface area contributed by atoms with Gasteiger partial charge in [-0.15, -0.1) is 0 Å². The number of nitrogens with zero attached hydrogens (tertiary/aromatic N) is 1. The minimum Gasteiger partial charge on any atom is -0.224 e. The summed E-state index contributed by atoms with van der Waals surface area (Å²) in [6.45, 7) is 1.92. The molecule has 0 fully saturated rings. The molecule has 0 atom stereocenters. The Morgan fingerprint density at radius 1 is 0.958 bits per heavy atom. The topological polar surface area (TPSA) is 71.5 Å². The first-order valence-corrected chi connectivity index (χ1v) is 10.5. The highest BCUT2D eigenvalue weighted by atomic mass is 32.2. The summed E-state index contributed by atoms with van der Waals surface area (Å²) in [5, 5.41) is 0. The van der Waals surface area contributed by atoms with Gasteiger partial charge in [0.2, 0.25) is 10.0 Å². The lowest BCUT2D eigenvalue weighted by molar-refractivity contribution is 0.422. The van der Waals surface area contributed by atoms with E-state index in [-0.39, 0.29) is 22.9 Å². The molecule has 0 aliphatic heterocycles. The van der Waals surface area contributed by atoms with Crippen molar-refractivity contribution in [1.29, 1.82) is 0 Å². The van der Waals surface area contributed by atoms with E-state index in [9.17, 15) is 21.2 Å². The second-order valence-corrected chi connectivity index (χ2v) is 9.26. The van der Waals surface area contributed by atoms with Crippen LogP contribution < -0.4 is 0 Å². The van der Waals surface area contributed by atoms with Crippen LogP contribution in [0.1, 0.15) is 12.5 Å². The summed E-state index contributed by atoms with van der Waals surface area (Å²) >= 11 is 0. The average molecular weight is 371 g/mol. The van der Waals surface area contributed by atoms with E-state index in [1.54, 1.807) is 13.0 Å². The molecule has 2 aromatic rings. The Kier molecular flexibility index (Phi) is 5.42. The van der Waals surface area contributed by atoms with Crippen molar-refractivity contribution in [2.45, 2.75) is 23.3 Å². The molecular weight excluding hydrogens is 353 g/mol. The third kappa shape index (κ3) is 4.19. The molecule has 0 aliphatic rings. The summed E-state index contributed by atoms with van der Waals surface area (Å²) in [6, 6.07) is 10.8. The normalized spacial score (nSPS) is 12.5. The van der Waals surface area contributed by atoms with Crippen molar-refractivity contribution in [2.24, 2.45) is 0 Å². The maximum Gasteiger partial charge on any atom is 0.243 e. The summed E-state index contributed by atoms with van der Waals surface area (Å²) in [6.07, 6.45) is 1.05. The predicted octanol–water partition coefficient (Wildman–Crippen LogP) is 2.44. The lowest BCUT2D eigenvalue weighted by Gasteiger charge is -2.20. The largest absolute Gasteiger partial charge is 0.243 e. The molecule has 2 rings (SSSR count). The van der Waals surface area contributed by atoms with Crippen molar-refractivity contribution in [1.82, 2.24) is 4.31 Å². The van der Waals surface area contributed by atoms with E-state index in [2.05, 4.69) is 0 Å². The number of hydrogen-bond donors (Lipinski definition) is 0. The van der Waals surface area contributed by atoms with Crippen LogP contribution in [0.2, 0.25) is 0 Å². The molecule has 0 aromatic heterocycles. The van der Waals surface area contributed by atoms with E-state index in [0.29, 0.717) is 5.56 Å². The van der Waals surface area contributed by atoms with Gasteiger partial charge in [-0.25, -0.2) is 21.2 Å². The highest BCUT2D eigenvalue weighted by Gasteiger charge is 2.23. The monoisotopic (exact) mass is 371 g/mol. The first kappa shape index (κ1) is 18.6. The van der Waals surface area contributed by atoms with Gasteiger partial charge in [-0.3, -0.25) is 0 Å². The van der Waals surface area contributed by atoms with Gasteiger partial charge in [0.25, 0.3) is 0 Å². The fraction of sp³-hybridized carbons (Fsp3) is 0.250. The van der Waals surface area contributed by atoms with Crippen LogP contribution in [-0.4, -0.2) is 33.9 Å². The zero-order chi connectivity index (χ0) is 18.0. The van der Waals surface area contributed by atoms with Crippen LogP contribution in [0.5, 0.6) is 0 Å². The standard InChI is InChI=1S/C16H18FNO4S2/c1-3-18(12-13-5-4-6-14(17)11-13)24(21,22)16-9-7-15(8-10-16)23(2,19)20/h4-11H,3,12H2,1-2H3. The zero-order valence-corrected chi connectivity index (χ0v) is 14.9. The zero-order valence-electron chi connectivity index (χ0n) is 13.3. The van der Waals surface area contributed by atoms with E-state index in [4.69, 9.17) is 0 Å². The molecular formula is C16H18FNO4S2. The lowest BCUT2D eigenvalue weighted by Crippen LogP contribution is -2.30. The molecule has 0 heterocycles. The van der Waals surface area contributed by atoms with Crippen molar-refractivity contribution in [3.05, 3.63) is 59.9 Å². The molecule has 0 unspecified atom stereocenters. The van der Waals surface area contributed by atoms with Gasteiger partial charge >= 0.3 is 0 Å². The molecule has 8 heteroatoms. The van der Waals surface area contributed by atoms with Crippen molar-refractivity contribution >= 4 is 19.9 Å². The molecule has 0 bridgehead atoms. The third-order valence-electron chi connectivity index (χ3n) is 3.49. The van der Waals surface area contributed by atoms with Gasteiger partial charge in [0.05, 0.1) is 9.79 Å².